The lowest BCUT2D eigenvalue weighted by molar-refractivity contribution is -0.143. The first-order chi connectivity index (χ1) is 12.7. The predicted octanol–water partition coefficient (Wildman–Crippen LogP) is -4.42. The molecule has 0 bridgehead atoms. The molecule has 12 nitrogen and oxygen atoms in total. The third kappa shape index (κ3) is 9.01. The highest BCUT2D eigenvalue weighted by molar-refractivity contribution is 7.98. The zero-order valence-electron chi connectivity index (χ0n) is 14.8. The maximum Gasteiger partial charge on any atom is 0.328 e. The summed E-state index contributed by atoms with van der Waals surface area (Å²) in [5, 5.41) is 42.4. The summed E-state index contributed by atoms with van der Waals surface area (Å²) in [5.74, 6) is -3.60. The summed E-state index contributed by atoms with van der Waals surface area (Å²) in [6.07, 6.45) is 2.19. The van der Waals surface area contributed by atoms with Crippen LogP contribution >= 0.6 is 11.8 Å². The van der Waals surface area contributed by atoms with Gasteiger partial charge < -0.3 is 42.1 Å². The van der Waals surface area contributed by atoms with E-state index in [1.807, 2.05) is 11.6 Å². The van der Waals surface area contributed by atoms with Gasteiger partial charge in [-0.1, -0.05) is 0 Å². The number of carbonyl (C=O) groups excluding carboxylic acids is 3. The molecule has 156 valence electrons. The first kappa shape index (κ1) is 25.1. The lowest BCUT2D eigenvalue weighted by atomic mass is 10.2. The quantitative estimate of drug-likeness (QED) is 0.146. The molecular formula is C14H26N4O8S. The lowest BCUT2D eigenvalue weighted by Gasteiger charge is -2.23. The summed E-state index contributed by atoms with van der Waals surface area (Å²) in [6, 6.07) is -5.49. The normalized spacial score (nSPS) is 15.1. The molecule has 0 aromatic carbocycles. The zero-order chi connectivity index (χ0) is 21.0. The molecule has 0 aliphatic heterocycles. The number of thioether (sulfide) groups is 1. The third-order valence-corrected chi connectivity index (χ3v) is 4.04. The Bertz CT molecular complexity index is 521. The van der Waals surface area contributed by atoms with E-state index in [9.17, 15) is 29.4 Å². The number of rotatable bonds is 13. The van der Waals surface area contributed by atoms with Crippen LogP contribution in [0.15, 0.2) is 0 Å². The van der Waals surface area contributed by atoms with Crippen LogP contribution in [0, 0.1) is 0 Å². The molecule has 0 aliphatic carbocycles. The third-order valence-electron chi connectivity index (χ3n) is 3.40. The molecule has 0 fully saturated rings. The number of nitrogens with two attached hydrogens (primary N) is 1. The molecule has 3 amide bonds. The maximum atomic E-state index is 12.1. The topological polar surface area (TPSA) is 211 Å². The van der Waals surface area contributed by atoms with Crippen molar-refractivity contribution in [2.24, 2.45) is 5.73 Å². The summed E-state index contributed by atoms with van der Waals surface area (Å²) in [6.45, 7) is -2.56. The van der Waals surface area contributed by atoms with Crippen LogP contribution in [0.5, 0.6) is 0 Å². The van der Waals surface area contributed by atoms with E-state index in [0.717, 1.165) is 0 Å². The minimum absolute atomic E-state index is 0.353. The van der Waals surface area contributed by atoms with E-state index in [2.05, 4.69) is 10.6 Å². The molecule has 0 rings (SSSR count). The van der Waals surface area contributed by atoms with Gasteiger partial charge in [0.05, 0.1) is 25.9 Å². The second-order valence-electron chi connectivity index (χ2n) is 5.46. The zero-order valence-corrected chi connectivity index (χ0v) is 15.6. The van der Waals surface area contributed by atoms with E-state index in [0.29, 0.717) is 12.2 Å². The molecule has 0 spiro atoms. The Balaban J connectivity index is 4.83. The first-order valence-electron chi connectivity index (χ1n) is 7.92. The van der Waals surface area contributed by atoms with E-state index in [4.69, 9.17) is 15.9 Å². The molecule has 0 radical (unpaired) electrons. The average Bonchev–Trinajstić information content (AvgIpc) is 2.65. The molecule has 0 aromatic heterocycles. The Hall–Kier alpha value is -1.93. The summed E-state index contributed by atoms with van der Waals surface area (Å²) >= 11 is 1.48. The Labute approximate surface area is 159 Å². The molecule has 0 heterocycles. The van der Waals surface area contributed by atoms with Gasteiger partial charge in [-0.25, -0.2) is 4.79 Å². The van der Waals surface area contributed by atoms with Crippen LogP contribution in [0.4, 0.5) is 0 Å². The van der Waals surface area contributed by atoms with Gasteiger partial charge in [0.1, 0.15) is 18.1 Å². The fourth-order valence-electron chi connectivity index (χ4n) is 1.77. The second kappa shape index (κ2) is 13.3. The van der Waals surface area contributed by atoms with Gasteiger partial charge in [0, 0.05) is 0 Å². The number of aliphatic carboxylic acids is 1. The van der Waals surface area contributed by atoms with Crippen molar-refractivity contribution < 1.29 is 39.6 Å². The van der Waals surface area contributed by atoms with Crippen molar-refractivity contribution in [2.75, 3.05) is 31.8 Å². The number of hydrogen-bond donors (Lipinski definition) is 8. The number of carboxylic acids is 1. The standard InChI is InChI=1S/C14H26N4O8S/c1-27-3-2-7(15)11(22)16-8(4-19)12(23)17-9(5-20)13(24)18-10(6-21)14(25)26/h7-10,19-21H,2-6,15H2,1H3,(H,16,22)(H,17,23)(H,18,24)(H,25,26). The number of amides is 3. The molecule has 13 heteroatoms. The Morgan fingerprint density at radius 1 is 0.852 bits per heavy atom. The molecule has 0 aromatic rings. The number of hydrogen-bond acceptors (Lipinski definition) is 9. The lowest BCUT2D eigenvalue weighted by Crippen LogP contribution is -2.59. The van der Waals surface area contributed by atoms with E-state index in [1.165, 1.54) is 11.8 Å². The van der Waals surface area contributed by atoms with Gasteiger partial charge in [-0.05, 0) is 18.4 Å². The molecule has 0 aliphatic rings. The Morgan fingerprint density at radius 2 is 1.26 bits per heavy atom. The van der Waals surface area contributed by atoms with Crippen molar-refractivity contribution >= 4 is 35.5 Å². The molecule has 0 saturated heterocycles. The predicted molar refractivity (Wildman–Crippen MR) is 95.7 cm³/mol. The van der Waals surface area contributed by atoms with Gasteiger partial charge in [0.15, 0.2) is 0 Å². The van der Waals surface area contributed by atoms with Gasteiger partial charge in [-0.2, -0.15) is 11.8 Å². The van der Waals surface area contributed by atoms with Crippen molar-refractivity contribution in [3.63, 3.8) is 0 Å². The van der Waals surface area contributed by atoms with Crippen molar-refractivity contribution in [3.05, 3.63) is 0 Å². The molecule has 27 heavy (non-hydrogen) atoms. The van der Waals surface area contributed by atoms with E-state index < -0.39 is 67.7 Å². The van der Waals surface area contributed by atoms with E-state index in [1.54, 1.807) is 0 Å². The van der Waals surface area contributed by atoms with Crippen molar-refractivity contribution in [1.29, 1.82) is 0 Å². The van der Waals surface area contributed by atoms with Gasteiger partial charge in [0.2, 0.25) is 17.7 Å². The van der Waals surface area contributed by atoms with Crippen LogP contribution in [-0.2, 0) is 19.2 Å². The van der Waals surface area contributed by atoms with Gasteiger partial charge in [-0.3, -0.25) is 14.4 Å². The highest BCUT2D eigenvalue weighted by atomic mass is 32.2. The number of carbonyl (C=O) groups is 4. The van der Waals surface area contributed by atoms with Crippen LogP contribution in [0.3, 0.4) is 0 Å². The van der Waals surface area contributed by atoms with Crippen molar-refractivity contribution in [2.45, 2.75) is 30.6 Å². The average molecular weight is 410 g/mol. The number of nitrogens with one attached hydrogen (secondary N) is 3. The maximum absolute atomic E-state index is 12.1. The first-order valence-corrected chi connectivity index (χ1v) is 9.32. The number of aliphatic hydroxyl groups excluding tert-OH is 3. The SMILES string of the molecule is CSCCC(N)C(=O)NC(CO)C(=O)NC(CO)C(=O)NC(CO)C(=O)O. The van der Waals surface area contributed by atoms with Crippen LogP contribution in [-0.4, -0.2) is 100 Å². The van der Waals surface area contributed by atoms with Crippen LogP contribution in [0.2, 0.25) is 0 Å². The minimum atomic E-state index is -1.62. The second-order valence-corrected chi connectivity index (χ2v) is 6.44. The monoisotopic (exact) mass is 410 g/mol. The number of aliphatic hydroxyl groups is 3. The summed E-state index contributed by atoms with van der Waals surface area (Å²) < 4.78 is 0. The molecule has 0 saturated carbocycles. The summed E-state index contributed by atoms with van der Waals surface area (Å²) in [7, 11) is 0. The molecular weight excluding hydrogens is 384 g/mol. The largest absolute Gasteiger partial charge is 0.480 e. The molecule has 9 N–H and O–H groups in total. The Kier molecular flexibility index (Phi) is 12.3. The Morgan fingerprint density at radius 3 is 1.63 bits per heavy atom. The summed E-state index contributed by atoms with van der Waals surface area (Å²) in [4.78, 5) is 46.7. The van der Waals surface area contributed by atoms with Crippen LogP contribution in [0.1, 0.15) is 6.42 Å². The van der Waals surface area contributed by atoms with E-state index >= 15 is 0 Å². The van der Waals surface area contributed by atoms with Gasteiger partial charge in [-0.15, -0.1) is 0 Å². The minimum Gasteiger partial charge on any atom is -0.480 e. The van der Waals surface area contributed by atoms with Crippen LogP contribution in [0.25, 0.3) is 0 Å². The van der Waals surface area contributed by atoms with E-state index in [-0.39, 0.29) is 0 Å². The fraction of sp³-hybridized carbons (Fsp3) is 0.714. The molecule has 4 unspecified atom stereocenters. The fourth-order valence-corrected chi connectivity index (χ4v) is 2.26. The van der Waals surface area contributed by atoms with Gasteiger partial charge in [0.25, 0.3) is 0 Å². The smallest absolute Gasteiger partial charge is 0.328 e. The summed E-state index contributed by atoms with van der Waals surface area (Å²) in [5.41, 5.74) is 5.66. The van der Waals surface area contributed by atoms with Crippen molar-refractivity contribution in [3.8, 4) is 0 Å². The van der Waals surface area contributed by atoms with Crippen LogP contribution < -0.4 is 21.7 Å². The number of carboxylic acid groups (broad SMARTS) is 1. The van der Waals surface area contributed by atoms with Crippen molar-refractivity contribution in [1.82, 2.24) is 16.0 Å². The highest BCUT2D eigenvalue weighted by Gasteiger charge is 2.29. The van der Waals surface area contributed by atoms with Gasteiger partial charge >= 0.3 is 5.97 Å². The highest BCUT2D eigenvalue weighted by Crippen LogP contribution is 1.99. The molecule has 4 atom stereocenters.